The average Bonchev–Trinajstić information content (AvgIpc) is 2.65. The molecule has 1 fully saturated rings. The van der Waals surface area contributed by atoms with Crippen molar-refractivity contribution in [1.82, 2.24) is 4.90 Å². The molecule has 21 heavy (non-hydrogen) atoms. The van der Waals surface area contributed by atoms with E-state index < -0.39 is 0 Å². The summed E-state index contributed by atoms with van der Waals surface area (Å²) in [7, 11) is 0. The van der Waals surface area contributed by atoms with Gasteiger partial charge < -0.3 is 0 Å². The van der Waals surface area contributed by atoms with Crippen LogP contribution in [-0.4, -0.2) is 29.0 Å². The molecular formula is C17H31NO3. The molecule has 0 N–H and O–H groups in total. The van der Waals surface area contributed by atoms with Crippen molar-refractivity contribution in [2.75, 3.05) is 6.54 Å². The summed E-state index contributed by atoms with van der Waals surface area (Å²) in [4.78, 5) is 36.8. The minimum Gasteiger partial charge on any atom is -0.299 e. The summed E-state index contributed by atoms with van der Waals surface area (Å²) < 4.78 is 0. The van der Waals surface area contributed by atoms with Gasteiger partial charge in [-0.1, -0.05) is 41.5 Å². The number of Topliss-reactive ketones (excluding diaryl/α,β-unsaturated/α-hetero) is 1. The van der Waals surface area contributed by atoms with E-state index in [1.807, 2.05) is 27.7 Å². The number of ketones is 1. The number of imide groups is 1. The number of hydrogen-bond acceptors (Lipinski definition) is 3. The van der Waals surface area contributed by atoms with E-state index in [2.05, 4.69) is 0 Å². The smallest absolute Gasteiger partial charge is 0.233 e. The molecule has 122 valence electrons. The molecule has 1 unspecified atom stereocenters. The molecule has 1 aliphatic rings. The van der Waals surface area contributed by atoms with E-state index in [0.29, 0.717) is 19.4 Å². The van der Waals surface area contributed by atoms with Gasteiger partial charge in [0.15, 0.2) is 0 Å². The summed E-state index contributed by atoms with van der Waals surface area (Å²) in [6.45, 7) is 8.30. The van der Waals surface area contributed by atoms with Crippen LogP contribution in [0.25, 0.3) is 0 Å². The molecule has 1 atom stereocenters. The van der Waals surface area contributed by atoms with Gasteiger partial charge in [0.25, 0.3) is 0 Å². The van der Waals surface area contributed by atoms with E-state index in [-0.39, 0.29) is 42.8 Å². The SMILES string of the molecule is C.CC(C)C(=O)CCCCCN1C(=O)CC(C(C)C)C1=O. The van der Waals surface area contributed by atoms with E-state index in [1.54, 1.807) is 0 Å². The van der Waals surface area contributed by atoms with E-state index in [1.165, 1.54) is 4.90 Å². The van der Waals surface area contributed by atoms with Gasteiger partial charge in [-0.15, -0.1) is 0 Å². The minimum absolute atomic E-state index is 0. The zero-order valence-corrected chi connectivity index (χ0v) is 13.1. The number of carbonyl (C=O) groups is 3. The highest BCUT2D eigenvalue weighted by atomic mass is 16.2. The Kier molecular flexibility index (Phi) is 8.45. The van der Waals surface area contributed by atoms with Crippen LogP contribution in [0.1, 0.15) is 67.2 Å². The summed E-state index contributed by atoms with van der Waals surface area (Å²) in [6, 6.07) is 0. The number of likely N-dealkylation sites (tertiary alicyclic amines) is 1. The van der Waals surface area contributed by atoms with Crippen LogP contribution in [0.3, 0.4) is 0 Å². The van der Waals surface area contributed by atoms with Gasteiger partial charge in [0.05, 0.1) is 0 Å². The van der Waals surface area contributed by atoms with Crippen LogP contribution in [0.4, 0.5) is 0 Å². The fourth-order valence-corrected chi connectivity index (χ4v) is 2.50. The second kappa shape index (κ2) is 8.96. The van der Waals surface area contributed by atoms with Gasteiger partial charge >= 0.3 is 0 Å². The molecule has 4 heteroatoms. The zero-order chi connectivity index (χ0) is 15.3. The van der Waals surface area contributed by atoms with Crippen molar-refractivity contribution in [3.8, 4) is 0 Å². The number of unbranched alkanes of at least 4 members (excludes halogenated alkanes) is 2. The third-order valence-electron chi connectivity index (χ3n) is 4.03. The van der Waals surface area contributed by atoms with Gasteiger partial charge in [-0.3, -0.25) is 19.3 Å². The lowest BCUT2D eigenvalue weighted by atomic mass is 9.94. The van der Waals surface area contributed by atoms with Crippen LogP contribution in [0, 0.1) is 17.8 Å². The fourth-order valence-electron chi connectivity index (χ4n) is 2.50. The van der Waals surface area contributed by atoms with Crippen LogP contribution in [0.5, 0.6) is 0 Å². The number of rotatable bonds is 8. The van der Waals surface area contributed by atoms with Crippen molar-refractivity contribution in [2.45, 2.75) is 67.2 Å². The summed E-state index contributed by atoms with van der Waals surface area (Å²) in [5.41, 5.74) is 0. The minimum atomic E-state index is -0.134. The van der Waals surface area contributed by atoms with E-state index in [9.17, 15) is 14.4 Å². The van der Waals surface area contributed by atoms with Gasteiger partial charge in [-0.25, -0.2) is 0 Å². The van der Waals surface area contributed by atoms with Gasteiger partial charge in [0, 0.05) is 31.2 Å². The lowest BCUT2D eigenvalue weighted by Crippen LogP contribution is -2.32. The Balaban J connectivity index is 0.00000400. The highest BCUT2D eigenvalue weighted by Crippen LogP contribution is 2.26. The van der Waals surface area contributed by atoms with Gasteiger partial charge in [0.2, 0.25) is 11.8 Å². The topological polar surface area (TPSA) is 54.5 Å². The number of amides is 2. The first-order valence-electron chi connectivity index (χ1n) is 7.71. The van der Waals surface area contributed by atoms with Crippen molar-refractivity contribution < 1.29 is 14.4 Å². The van der Waals surface area contributed by atoms with Gasteiger partial charge in [-0.05, 0) is 18.8 Å². The molecule has 1 saturated heterocycles. The monoisotopic (exact) mass is 297 g/mol. The molecule has 0 radical (unpaired) electrons. The Morgan fingerprint density at radius 2 is 1.76 bits per heavy atom. The second-order valence-corrected chi connectivity index (χ2v) is 6.37. The molecular weight excluding hydrogens is 266 g/mol. The predicted octanol–water partition coefficient (Wildman–Crippen LogP) is 3.44. The third kappa shape index (κ3) is 5.60. The van der Waals surface area contributed by atoms with Crippen LogP contribution >= 0.6 is 0 Å². The maximum atomic E-state index is 12.1. The highest BCUT2D eigenvalue weighted by Gasteiger charge is 2.39. The third-order valence-corrected chi connectivity index (χ3v) is 4.03. The van der Waals surface area contributed by atoms with E-state index in [0.717, 1.165) is 19.3 Å². The molecule has 1 aliphatic heterocycles. The Hall–Kier alpha value is -1.19. The van der Waals surface area contributed by atoms with E-state index >= 15 is 0 Å². The van der Waals surface area contributed by atoms with Crippen LogP contribution in [0.2, 0.25) is 0 Å². The molecule has 0 aromatic heterocycles. The molecule has 0 aromatic rings. The molecule has 2 amide bonds. The maximum Gasteiger partial charge on any atom is 0.233 e. The van der Waals surface area contributed by atoms with Crippen molar-refractivity contribution in [3.63, 3.8) is 0 Å². The van der Waals surface area contributed by atoms with Crippen molar-refractivity contribution in [1.29, 1.82) is 0 Å². The molecule has 0 bridgehead atoms. The molecule has 4 nitrogen and oxygen atoms in total. The summed E-state index contributed by atoms with van der Waals surface area (Å²) in [5, 5.41) is 0. The highest BCUT2D eigenvalue weighted by molar-refractivity contribution is 6.03. The summed E-state index contributed by atoms with van der Waals surface area (Å²) in [5.74, 6) is 0.432. The Bertz CT molecular complexity index is 374. The maximum absolute atomic E-state index is 12.1. The quantitative estimate of drug-likeness (QED) is 0.509. The second-order valence-electron chi connectivity index (χ2n) is 6.37. The molecule has 0 aliphatic carbocycles. The lowest BCUT2D eigenvalue weighted by molar-refractivity contribution is -0.139. The van der Waals surface area contributed by atoms with Crippen LogP contribution < -0.4 is 0 Å². The molecule has 0 spiro atoms. The summed E-state index contributed by atoms with van der Waals surface area (Å²) >= 11 is 0. The molecule has 0 aromatic carbocycles. The van der Waals surface area contributed by atoms with Crippen molar-refractivity contribution in [2.24, 2.45) is 17.8 Å². The first-order valence-corrected chi connectivity index (χ1v) is 7.71. The van der Waals surface area contributed by atoms with Gasteiger partial charge in [0.1, 0.15) is 5.78 Å². The number of hydrogen-bond donors (Lipinski definition) is 0. The number of carbonyl (C=O) groups excluding carboxylic acids is 3. The van der Waals surface area contributed by atoms with Crippen LogP contribution in [0.15, 0.2) is 0 Å². The Morgan fingerprint density at radius 1 is 1.14 bits per heavy atom. The Morgan fingerprint density at radius 3 is 2.24 bits per heavy atom. The standard InChI is InChI=1S/C16H27NO3.CH4/c1-11(2)13-10-15(19)17(16(13)20)9-7-5-6-8-14(18)12(3)4;/h11-13H,5-10H2,1-4H3;1H4. The first-order chi connectivity index (χ1) is 9.34. The predicted molar refractivity (Wildman–Crippen MR) is 84.7 cm³/mol. The zero-order valence-electron chi connectivity index (χ0n) is 13.1. The largest absolute Gasteiger partial charge is 0.299 e. The first kappa shape index (κ1) is 19.8. The normalized spacial score (nSPS) is 18.6. The van der Waals surface area contributed by atoms with Crippen LogP contribution in [-0.2, 0) is 14.4 Å². The number of nitrogens with zero attached hydrogens (tertiary/aromatic N) is 1. The fraction of sp³-hybridized carbons (Fsp3) is 0.824. The van der Waals surface area contributed by atoms with Gasteiger partial charge in [-0.2, -0.15) is 0 Å². The van der Waals surface area contributed by atoms with Crippen molar-refractivity contribution >= 4 is 17.6 Å². The average molecular weight is 297 g/mol. The summed E-state index contributed by atoms with van der Waals surface area (Å²) in [6.07, 6.45) is 3.51. The molecule has 1 rings (SSSR count). The lowest BCUT2D eigenvalue weighted by Gasteiger charge is -2.16. The Labute approximate surface area is 129 Å². The van der Waals surface area contributed by atoms with E-state index in [4.69, 9.17) is 0 Å². The molecule has 0 saturated carbocycles. The molecule has 1 heterocycles. The van der Waals surface area contributed by atoms with Crippen molar-refractivity contribution in [3.05, 3.63) is 0 Å².